The topological polar surface area (TPSA) is 85.3 Å². The fourth-order valence-electron chi connectivity index (χ4n) is 1.30. The van der Waals surface area contributed by atoms with Gasteiger partial charge < -0.3 is 5.73 Å². The standard InChI is InChI=1S/C11H11N5O/c12-11(17)15-13-6-9-7-14-16(8-9)10-4-2-1-3-5-10/h1-8H,(H3,12,15,17). The molecule has 1 heterocycles. The quantitative estimate of drug-likeness (QED) is 0.604. The summed E-state index contributed by atoms with van der Waals surface area (Å²) in [6, 6.07) is 8.98. The first-order chi connectivity index (χ1) is 8.25. The molecule has 6 heteroatoms. The van der Waals surface area contributed by atoms with Crippen molar-refractivity contribution < 1.29 is 4.79 Å². The maximum atomic E-state index is 10.4. The predicted molar refractivity (Wildman–Crippen MR) is 63.9 cm³/mol. The van der Waals surface area contributed by atoms with Crippen molar-refractivity contribution in [3.05, 3.63) is 48.3 Å². The summed E-state index contributed by atoms with van der Waals surface area (Å²) in [5.41, 5.74) is 8.70. The van der Waals surface area contributed by atoms with Gasteiger partial charge in [-0.3, -0.25) is 0 Å². The van der Waals surface area contributed by atoms with Crippen LogP contribution in [0.4, 0.5) is 4.79 Å². The number of nitrogens with zero attached hydrogens (tertiary/aromatic N) is 3. The van der Waals surface area contributed by atoms with Gasteiger partial charge in [0.05, 0.1) is 18.1 Å². The highest BCUT2D eigenvalue weighted by Crippen LogP contribution is 2.06. The van der Waals surface area contributed by atoms with E-state index < -0.39 is 6.03 Å². The van der Waals surface area contributed by atoms with Crippen molar-refractivity contribution in [1.82, 2.24) is 15.2 Å². The van der Waals surface area contributed by atoms with Crippen LogP contribution in [0.3, 0.4) is 0 Å². The number of hydrogen-bond acceptors (Lipinski definition) is 3. The Morgan fingerprint density at radius 3 is 2.88 bits per heavy atom. The van der Waals surface area contributed by atoms with Crippen LogP contribution in [0.25, 0.3) is 5.69 Å². The molecular weight excluding hydrogens is 218 g/mol. The number of nitrogens with two attached hydrogens (primary N) is 1. The highest BCUT2D eigenvalue weighted by atomic mass is 16.2. The van der Waals surface area contributed by atoms with E-state index in [1.54, 1.807) is 17.1 Å². The van der Waals surface area contributed by atoms with Crippen LogP contribution in [0.2, 0.25) is 0 Å². The fourth-order valence-corrected chi connectivity index (χ4v) is 1.30. The van der Waals surface area contributed by atoms with Gasteiger partial charge in [0.15, 0.2) is 0 Å². The Balaban J connectivity index is 2.11. The van der Waals surface area contributed by atoms with E-state index in [-0.39, 0.29) is 0 Å². The van der Waals surface area contributed by atoms with E-state index in [1.807, 2.05) is 30.3 Å². The monoisotopic (exact) mass is 229 g/mol. The average Bonchev–Trinajstić information content (AvgIpc) is 2.78. The largest absolute Gasteiger partial charge is 0.350 e. The number of urea groups is 1. The van der Waals surface area contributed by atoms with E-state index in [4.69, 9.17) is 5.73 Å². The number of benzene rings is 1. The predicted octanol–water partition coefficient (Wildman–Crippen LogP) is 0.874. The van der Waals surface area contributed by atoms with Gasteiger partial charge in [0, 0.05) is 11.8 Å². The normalized spacial score (nSPS) is 10.6. The molecule has 86 valence electrons. The van der Waals surface area contributed by atoms with Crippen LogP contribution in [0, 0.1) is 0 Å². The molecule has 0 bridgehead atoms. The van der Waals surface area contributed by atoms with E-state index in [0.717, 1.165) is 11.3 Å². The Hall–Kier alpha value is -2.63. The number of carbonyl (C=O) groups is 1. The van der Waals surface area contributed by atoms with Gasteiger partial charge in [-0.25, -0.2) is 14.9 Å². The first-order valence-electron chi connectivity index (χ1n) is 4.94. The zero-order chi connectivity index (χ0) is 12.1. The lowest BCUT2D eigenvalue weighted by Crippen LogP contribution is -2.24. The fraction of sp³-hybridized carbons (Fsp3) is 0. The highest BCUT2D eigenvalue weighted by Gasteiger charge is 1.97. The van der Waals surface area contributed by atoms with Crippen LogP contribution < -0.4 is 11.2 Å². The van der Waals surface area contributed by atoms with Crippen molar-refractivity contribution in [1.29, 1.82) is 0 Å². The van der Waals surface area contributed by atoms with Crippen LogP contribution in [-0.4, -0.2) is 22.0 Å². The first kappa shape index (κ1) is 10.9. The molecule has 0 aliphatic rings. The number of para-hydroxylation sites is 1. The second kappa shape index (κ2) is 4.93. The van der Waals surface area contributed by atoms with Crippen molar-refractivity contribution >= 4 is 12.2 Å². The number of carbonyl (C=O) groups excluding carboxylic acids is 1. The maximum absolute atomic E-state index is 10.4. The minimum Gasteiger partial charge on any atom is -0.350 e. The van der Waals surface area contributed by atoms with E-state index in [9.17, 15) is 4.79 Å². The Bertz CT molecular complexity index is 532. The van der Waals surface area contributed by atoms with Gasteiger partial charge in [0.2, 0.25) is 0 Å². The molecule has 3 N–H and O–H groups in total. The van der Waals surface area contributed by atoms with Gasteiger partial charge in [-0.05, 0) is 12.1 Å². The summed E-state index contributed by atoms with van der Waals surface area (Å²) in [6.07, 6.45) is 4.90. The number of hydrazone groups is 1. The minimum atomic E-state index is -0.697. The van der Waals surface area contributed by atoms with Crippen molar-refractivity contribution in [2.45, 2.75) is 0 Å². The van der Waals surface area contributed by atoms with E-state index in [2.05, 4.69) is 15.6 Å². The number of primary amides is 1. The van der Waals surface area contributed by atoms with Gasteiger partial charge in [-0.15, -0.1) is 0 Å². The number of amides is 2. The van der Waals surface area contributed by atoms with Gasteiger partial charge in [0.25, 0.3) is 0 Å². The Labute approximate surface area is 97.7 Å². The summed E-state index contributed by atoms with van der Waals surface area (Å²) < 4.78 is 1.71. The molecule has 0 spiro atoms. The van der Waals surface area contributed by atoms with Crippen LogP contribution >= 0.6 is 0 Å². The Kier molecular flexibility index (Phi) is 3.15. The molecule has 0 saturated heterocycles. The first-order valence-corrected chi connectivity index (χ1v) is 4.94. The molecule has 0 aliphatic heterocycles. The lowest BCUT2D eigenvalue weighted by molar-refractivity contribution is 0.249. The summed E-state index contributed by atoms with van der Waals surface area (Å²) in [4.78, 5) is 10.4. The molecule has 1 aromatic carbocycles. The molecule has 2 rings (SSSR count). The number of rotatable bonds is 3. The van der Waals surface area contributed by atoms with Crippen molar-refractivity contribution in [2.75, 3.05) is 0 Å². The van der Waals surface area contributed by atoms with Gasteiger partial charge in [-0.1, -0.05) is 18.2 Å². The van der Waals surface area contributed by atoms with Gasteiger partial charge in [-0.2, -0.15) is 10.2 Å². The van der Waals surface area contributed by atoms with Crippen LogP contribution in [0.15, 0.2) is 47.8 Å². The summed E-state index contributed by atoms with van der Waals surface area (Å²) in [7, 11) is 0. The number of nitrogens with one attached hydrogen (secondary N) is 1. The maximum Gasteiger partial charge on any atom is 0.332 e. The third-order valence-electron chi connectivity index (χ3n) is 2.01. The molecule has 0 fully saturated rings. The van der Waals surface area contributed by atoms with Crippen molar-refractivity contribution in [3.8, 4) is 5.69 Å². The van der Waals surface area contributed by atoms with Crippen LogP contribution in [-0.2, 0) is 0 Å². The lowest BCUT2D eigenvalue weighted by Gasteiger charge is -1.98. The van der Waals surface area contributed by atoms with E-state index in [1.165, 1.54) is 6.21 Å². The number of hydrogen-bond donors (Lipinski definition) is 2. The highest BCUT2D eigenvalue weighted by molar-refractivity contribution is 5.80. The minimum absolute atomic E-state index is 0.697. The molecule has 17 heavy (non-hydrogen) atoms. The SMILES string of the molecule is NC(=O)NN=Cc1cnn(-c2ccccc2)c1. The molecule has 1 aromatic heterocycles. The zero-order valence-electron chi connectivity index (χ0n) is 8.95. The van der Waals surface area contributed by atoms with Crippen molar-refractivity contribution in [3.63, 3.8) is 0 Å². The average molecular weight is 229 g/mol. The molecule has 0 radical (unpaired) electrons. The molecule has 0 aliphatic carbocycles. The number of aromatic nitrogens is 2. The van der Waals surface area contributed by atoms with Gasteiger partial charge in [0.1, 0.15) is 0 Å². The molecular formula is C11H11N5O. The smallest absolute Gasteiger partial charge is 0.332 e. The van der Waals surface area contributed by atoms with E-state index in [0.29, 0.717) is 0 Å². The summed E-state index contributed by atoms with van der Waals surface area (Å²) in [5, 5.41) is 7.81. The van der Waals surface area contributed by atoms with Gasteiger partial charge >= 0.3 is 6.03 Å². The summed E-state index contributed by atoms with van der Waals surface area (Å²) in [6.45, 7) is 0. The lowest BCUT2D eigenvalue weighted by atomic mass is 10.3. The molecule has 0 unspecified atom stereocenters. The molecule has 2 amide bonds. The Morgan fingerprint density at radius 1 is 1.41 bits per heavy atom. The second-order valence-corrected chi connectivity index (χ2v) is 3.29. The third-order valence-corrected chi connectivity index (χ3v) is 2.01. The third kappa shape index (κ3) is 2.91. The molecule has 6 nitrogen and oxygen atoms in total. The summed E-state index contributed by atoms with van der Waals surface area (Å²) in [5.74, 6) is 0. The molecule has 0 saturated carbocycles. The van der Waals surface area contributed by atoms with Crippen LogP contribution in [0.1, 0.15) is 5.56 Å². The summed E-state index contributed by atoms with van der Waals surface area (Å²) >= 11 is 0. The Morgan fingerprint density at radius 2 is 2.18 bits per heavy atom. The molecule has 2 aromatic rings. The molecule has 0 atom stereocenters. The second-order valence-electron chi connectivity index (χ2n) is 3.29. The van der Waals surface area contributed by atoms with Crippen LogP contribution in [0.5, 0.6) is 0 Å². The van der Waals surface area contributed by atoms with Crippen molar-refractivity contribution in [2.24, 2.45) is 10.8 Å². The van der Waals surface area contributed by atoms with E-state index >= 15 is 0 Å². The zero-order valence-corrected chi connectivity index (χ0v) is 8.95.